The van der Waals surface area contributed by atoms with Crippen molar-refractivity contribution in [3.8, 4) is 0 Å². The number of hydrogen-bond donors (Lipinski definition) is 0. The summed E-state index contributed by atoms with van der Waals surface area (Å²) < 4.78 is 1.23. The number of nitro benzene ring substituents is 2. The number of likely N-dealkylation sites (N-methyl/N-ethyl adjacent to an activating group) is 2. The molecule has 2 fully saturated rings. The Morgan fingerprint density at radius 2 is 1.08 bits per heavy atom. The number of piperidine rings is 1. The molecule has 0 atom stereocenters. The van der Waals surface area contributed by atoms with E-state index in [1.54, 1.807) is 43.3 Å². The number of likely N-dealkylation sites (tertiary alicyclic amines) is 1. The van der Waals surface area contributed by atoms with Crippen molar-refractivity contribution in [2.24, 2.45) is 0 Å². The first-order chi connectivity index (χ1) is 24.9. The Morgan fingerprint density at radius 1 is 0.615 bits per heavy atom. The molecule has 0 N–H and O–H groups in total. The molecule has 14 heteroatoms. The number of piperazine rings is 1. The number of quaternary nitrogens is 2. The highest BCUT2D eigenvalue weighted by atomic mass is 16.6. The van der Waals surface area contributed by atoms with E-state index >= 15 is 0 Å². The molecule has 3 aromatic carbocycles. The van der Waals surface area contributed by atoms with Gasteiger partial charge in [0, 0.05) is 55.1 Å². The fraction of sp³-hybridized carbons (Fsp3) is 0.447. The molecule has 52 heavy (non-hydrogen) atoms. The van der Waals surface area contributed by atoms with E-state index in [0.29, 0.717) is 48.2 Å². The van der Waals surface area contributed by atoms with Crippen LogP contribution >= 0.6 is 0 Å². The second-order valence-corrected chi connectivity index (χ2v) is 14.5. The lowest BCUT2D eigenvalue weighted by atomic mass is 10.0. The monoisotopic (exact) mass is 715 g/mol. The lowest BCUT2D eigenvalue weighted by molar-refractivity contribution is -0.956. The van der Waals surface area contributed by atoms with E-state index in [-0.39, 0.29) is 48.7 Å². The Bertz CT molecular complexity index is 1720. The van der Waals surface area contributed by atoms with Crippen molar-refractivity contribution in [2.45, 2.75) is 38.9 Å². The standard InChI is InChI=1S/C38H49N7O7/c1-39(36(46)25-40(2)38(48)30-44(21-7-4-8-22-44)28-32-11-15-34(16-12-32)42(49)50)26-37(47)41-19-23-45(24-20-41,27-31-9-5-3-6-10-31)29-33-13-17-35(18-14-33)43(51)52/h3,5-6,9-18H,4,7-8,19-30H2,1-2H3/q+2. The van der Waals surface area contributed by atoms with Gasteiger partial charge in [-0.3, -0.25) is 34.6 Å². The van der Waals surface area contributed by atoms with Crippen LogP contribution in [0.2, 0.25) is 0 Å². The van der Waals surface area contributed by atoms with Crippen LogP contribution in [-0.2, 0) is 34.0 Å². The summed E-state index contributed by atoms with van der Waals surface area (Å²) in [5.74, 6) is -0.638. The minimum Gasteiger partial charge on any atom is -0.335 e. The van der Waals surface area contributed by atoms with E-state index in [9.17, 15) is 34.6 Å². The van der Waals surface area contributed by atoms with Crippen molar-refractivity contribution >= 4 is 29.1 Å². The number of hydrogen-bond acceptors (Lipinski definition) is 7. The van der Waals surface area contributed by atoms with Crippen LogP contribution in [0.5, 0.6) is 0 Å². The SMILES string of the molecule is CN(CC(=O)N(C)CC(=O)N1CC[N+](Cc2ccccc2)(Cc2ccc([N+](=O)[O-])cc2)CC1)C(=O)C[N+]1(Cc2ccc([N+](=O)[O-])cc2)CCCCC1. The van der Waals surface area contributed by atoms with Crippen LogP contribution in [0, 0.1) is 20.2 Å². The molecule has 2 aliphatic heterocycles. The van der Waals surface area contributed by atoms with Crippen LogP contribution in [0.4, 0.5) is 11.4 Å². The van der Waals surface area contributed by atoms with Crippen molar-refractivity contribution in [1.82, 2.24) is 14.7 Å². The third-order valence-electron chi connectivity index (χ3n) is 10.6. The van der Waals surface area contributed by atoms with Gasteiger partial charge in [0.05, 0.1) is 62.2 Å². The first kappa shape index (κ1) is 38.0. The van der Waals surface area contributed by atoms with Crippen LogP contribution in [0.3, 0.4) is 0 Å². The summed E-state index contributed by atoms with van der Waals surface area (Å²) in [5.41, 5.74) is 3.17. The van der Waals surface area contributed by atoms with Crippen molar-refractivity contribution in [3.63, 3.8) is 0 Å². The highest BCUT2D eigenvalue weighted by Gasteiger charge is 2.37. The molecule has 2 heterocycles. The van der Waals surface area contributed by atoms with E-state index in [2.05, 4.69) is 12.1 Å². The quantitative estimate of drug-likeness (QED) is 0.139. The summed E-state index contributed by atoms with van der Waals surface area (Å²) in [6.45, 7) is 6.00. The van der Waals surface area contributed by atoms with Gasteiger partial charge in [0.15, 0.2) is 6.54 Å². The van der Waals surface area contributed by atoms with Gasteiger partial charge in [-0.05, 0) is 43.5 Å². The summed E-state index contributed by atoms with van der Waals surface area (Å²) in [6.07, 6.45) is 3.05. The molecule has 0 unspecified atom stereocenters. The average Bonchev–Trinajstić information content (AvgIpc) is 3.13. The molecule has 0 bridgehead atoms. The molecule has 2 saturated heterocycles. The predicted molar refractivity (Wildman–Crippen MR) is 194 cm³/mol. The van der Waals surface area contributed by atoms with E-state index < -0.39 is 9.85 Å². The molecule has 0 aromatic heterocycles. The lowest BCUT2D eigenvalue weighted by Crippen LogP contribution is -2.60. The van der Waals surface area contributed by atoms with Crippen LogP contribution < -0.4 is 0 Å². The zero-order valence-corrected chi connectivity index (χ0v) is 30.1. The molecule has 2 aliphatic rings. The number of amides is 3. The zero-order valence-electron chi connectivity index (χ0n) is 30.1. The van der Waals surface area contributed by atoms with Gasteiger partial charge < -0.3 is 23.7 Å². The fourth-order valence-electron chi connectivity index (χ4n) is 7.47. The van der Waals surface area contributed by atoms with Gasteiger partial charge in [0.1, 0.15) is 19.6 Å². The lowest BCUT2D eigenvalue weighted by Gasteiger charge is -2.45. The molecule has 0 spiro atoms. The number of nitrogens with zero attached hydrogens (tertiary/aromatic N) is 7. The van der Waals surface area contributed by atoms with E-state index in [0.717, 1.165) is 50.0 Å². The van der Waals surface area contributed by atoms with Crippen LogP contribution in [0.25, 0.3) is 0 Å². The molecule has 0 aliphatic carbocycles. The first-order valence-corrected chi connectivity index (χ1v) is 17.8. The maximum atomic E-state index is 13.5. The van der Waals surface area contributed by atoms with Gasteiger partial charge >= 0.3 is 0 Å². The topological polar surface area (TPSA) is 147 Å². The van der Waals surface area contributed by atoms with Crippen molar-refractivity contribution < 1.29 is 33.2 Å². The molecular weight excluding hydrogens is 666 g/mol. The Morgan fingerprint density at radius 3 is 1.58 bits per heavy atom. The van der Waals surface area contributed by atoms with Crippen LogP contribution in [-0.4, -0.2) is 124 Å². The second kappa shape index (κ2) is 16.9. The van der Waals surface area contributed by atoms with Gasteiger partial charge in [-0.2, -0.15) is 0 Å². The minimum atomic E-state index is -0.425. The van der Waals surface area contributed by atoms with E-state index in [4.69, 9.17) is 0 Å². The number of carbonyl (C=O) groups excluding carboxylic acids is 3. The maximum absolute atomic E-state index is 13.5. The molecule has 14 nitrogen and oxygen atoms in total. The predicted octanol–water partition coefficient (Wildman–Crippen LogP) is 3.98. The summed E-state index contributed by atoms with van der Waals surface area (Å²) in [7, 11) is 3.20. The van der Waals surface area contributed by atoms with Crippen molar-refractivity contribution in [2.75, 3.05) is 73.0 Å². The number of nitro groups is 2. The molecular formula is C38H49N7O7+2. The highest BCUT2D eigenvalue weighted by Crippen LogP contribution is 2.26. The van der Waals surface area contributed by atoms with Gasteiger partial charge in [0.2, 0.25) is 11.8 Å². The van der Waals surface area contributed by atoms with E-state index in [1.807, 2.05) is 18.2 Å². The third-order valence-corrected chi connectivity index (χ3v) is 10.6. The Labute approximate surface area is 304 Å². The van der Waals surface area contributed by atoms with Crippen molar-refractivity contribution in [1.29, 1.82) is 0 Å². The molecule has 5 rings (SSSR count). The molecule has 276 valence electrons. The third kappa shape index (κ3) is 9.98. The largest absolute Gasteiger partial charge is 0.335 e. The molecule has 3 amide bonds. The minimum absolute atomic E-state index is 0.0289. The number of carbonyl (C=O) groups is 3. The summed E-state index contributed by atoms with van der Waals surface area (Å²) in [4.78, 5) is 66.2. The number of non-ortho nitro benzene ring substituents is 2. The average molecular weight is 716 g/mol. The molecule has 0 saturated carbocycles. The number of rotatable bonds is 14. The van der Waals surface area contributed by atoms with Gasteiger partial charge in [-0.25, -0.2) is 0 Å². The smallest absolute Gasteiger partial charge is 0.278 e. The van der Waals surface area contributed by atoms with Gasteiger partial charge in [-0.15, -0.1) is 0 Å². The molecule has 0 radical (unpaired) electrons. The second-order valence-electron chi connectivity index (χ2n) is 14.5. The Hall–Kier alpha value is -5.21. The normalized spacial score (nSPS) is 16.5. The van der Waals surface area contributed by atoms with Gasteiger partial charge in [-0.1, -0.05) is 30.3 Å². The summed E-state index contributed by atoms with van der Waals surface area (Å²) in [5, 5.41) is 22.3. The first-order valence-electron chi connectivity index (χ1n) is 17.8. The van der Waals surface area contributed by atoms with Crippen LogP contribution in [0.1, 0.15) is 36.0 Å². The number of benzene rings is 3. The zero-order chi connectivity index (χ0) is 37.3. The maximum Gasteiger partial charge on any atom is 0.278 e. The van der Waals surface area contributed by atoms with Gasteiger partial charge in [0.25, 0.3) is 17.3 Å². The highest BCUT2D eigenvalue weighted by molar-refractivity contribution is 5.88. The van der Waals surface area contributed by atoms with Crippen LogP contribution in [0.15, 0.2) is 78.9 Å². The van der Waals surface area contributed by atoms with E-state index in [1.165, 1.54) is 39.6 Å². The Balaban J connectivity index is 1.15. The fourth-order valence-corrected chi connectivity index (χ4v) is 7.47. The summed E-state index contributed by atoms with van der Waals surface area (Å²) in [6, 6.07) is 23.3. The Kier molecular flexibility index (Phi) is 12.3. The van der Waals surface area contributed by atoms with Crippen molar-refractivity contribution in [3.05, 3.63) is 116 Å². The molecule has 3 aromatic rings. The summed E-state index contributed by atoms with van der Waals surface area (Å²) >= 11 is 0.